The van der Waals surface area contributed by atoms with Crippen LogP contribution in [0.1, 0.15) is 32.6 Å². The number of nitrogens with two attached hydrogens (primary N) is 1. The lowest BCUT2D eigenvalue weighted by Crippen LogP contribution is -2.45. The predicted molar refractivity (Wildman–Crippen MR) is 76.3 cm³/mol. The molecule has 2 rings (SSSR count). The highest BCUT2D eigenvalue weighted by molar-refractivity contribution is 5.54. The van der Waals surface area contributed by atoms with Crippen LogP contribution >= 0.6 is 0 Å². The van der Waals surface area contributed by atoms with Crippen molar-refractivity contribution in [3.8, 4) is 5.88 Å². The Bertz CT molecular complexity index is 429. The highest BCUT2D eigenvalue weighted by atomic mass is 16.5. The molecule has 0 atom stereocenters. The molecule has 0 spiro atoms. The molecule has 0 unspecified atom stereocenters. The molecule has 19 heavy (non-hydrogen) atoms. The average molecular weight is 265 g/mol. The van der Waals surface area contributed by atoms with Crippen molar-refractivity contribution in [2.45, 2.75) is 38.1 Å². The molecule has 5 heteroatoms. The molecule has 0 aliphatic heterocycles. The Labute approximate surface area is 114 Å². The zero-order valence-electron chi connectivity index (χ0n) is 11.6. The van der Waals surface area contributed by atoms with Gasteiger partial charge in [-0.05, 0) is 43.7 Å². The molecule has 1 fully saturated rings. The summed E-state index contributed by atoms with van der Waals surface area (Å²) in [5.74, 6) is 1.85. The smallest absolute Gasteiger partial charge is 0.238 e. The molecule has 5 nitrogen and oxygen atoms in total. The van der Waals surface area contributed by atoms with E-state index in [0.29, 0.717) is 17.4 Å². The molecular formula is C14H23N3O2. The molecule has 0 amide bonds. The summed E-state index contributed by atoms with van der Waals surface area (Å²) in [6.07, 6.45) is 4.16. The third kappa shape index (κ3) is 3.10. The number of anilines is 2. The maximum Gasteiger partial charge on any atom is 0.238 e. The predicted octanol–water partition coefficient (Wildman–Crippen LogP) is 2.03. The number of aliphatic hydroxyl groups excluding tert-OH is 1. The zero-order valence-corrected chi connectivity index (χ0v) is 11.6. The summed E-state index contributed by atoms with van der Waals surface area (Å²) in [7, 11) is 1.55. The van der Waals surface area contributed by atoms with Crippen molar-refractivity contribution in [1.82, 2.24) is 4.98 Å². The summed E-state index contributed by atoms with van der Waals surface area (Å²) in [5, 5.41) is 13.1. The lowest BCUT2D eigenvalue weighted by Gasteiger charge is -2.39. The van der Waals surface area contributed by atoms with E-state index in [1.165, 1.54) is 0 Å². The van der Waals surface area contributed by atoms with E-state index in [9.17, 15) is 5.11 Å². The van der Waals surface area contributed by atoms with Gasteiger partial charge in [0.25, 0.3) is 0 Å². The van der Waals surface area contributed by atoms with E-state index in [-0.39, 0.29) is 12.1 Å². The zero-order chi connectivity index (χ0) is 13.9. The molecule has 106 valence electrons. The second-order valence-corrected chi connectivity index (χ2v) is 5.54. The van der Waals surface area contributed by atoms with Crippen molar-refractivity contribution < 1.29 is 9.84 Å². The standard InChI is InChI=1S/C14H23N3O2/c1-10-5-7-14(9-18,8-6-10)17-12-4-3-11(15)13(16-12)19-2/h3-4,10,18H,5-9,15H2,1-2H3,(H,16,17). The number of hydrogen-bond donors (Lipinski definition) is 3. The molecule has 4 N–H and O–H groups in total. The number of pyridine rings is 1. The fourth-order valence-electron chi connectivity index (χ4n) is 2.59. The summed E-state index contributed by atoms with van der Waals surface area (Å²) < 4.78 is 5.12. The van der Waals surface area contributed by atoms with Crippen molar-refractivity contribution in [3.63, 3.8) is 0 Å². The quantitative estimate of drug-likeness (QED) is 0.776. The normalized spacial score (nSPS) is 27.0. The molecule has 1 saturated carbocycles. The first-order valence-electron chi connectivity index (χ1n) is 6.78. The summed E-state index contributed by atoms with van der Waals surface area (Å²) >= 11 is 0. The first kappa shape index (κ1) is 13.9. The number of nitrogens with zero attached hydrogens (tertiary/aromatic N) is 1. The first-order chi connectivity index (χ1) is 9.08. The van der Waals surface area contributed by atoms with Crippen molar-refractivity contribution in [2.24, 2.45) is 5.92 Å². The van der Waals surface area contributed by atoms with Crippen LogP contribution in [-0.2, 0) is 0 Å². The van der Waals surface area contributed by atoms with Crippen LogP contribution in [0.15, 0.2) is 12.1 Å². The summed E-state index contributed by atoms with van der Waals surface area (Å²) in [6.45, 7) is 2.37. The number of ether oxygens (including phenoxy) is 1. The van der Waals surface area contributed by atoms with E-state index in [2.05, 4.69) is 17.2 Å². The van der Waals surface area contributed by atoms with Gasteiger partial charge in [-0.1, -0.05) is 6.92 Å². The number of hydrogen-bond acceptors (Lipinski definition) is 5. The molecule has 1 aliphatic rings. The number of aliphatic hydroxyl groups is 1. The Morgan fingerprint density at radius 3 is 2.74 bits per heavy atom. The van der Waals surface area contributed by atoms with E-state index in [4.69, 9.17) is 10.5 Å². The van der Waals surface area contributed by atoms with Gasteiger partial charge in [0.1, 0.15) is 5.82 Å². The van der Waals surface area contributed by atoms with Crippen LogP contribution < -0.4 is 15.8 Å². The monoisotopic (exact) mass is 265 g/mol. The van der Waals surface area contributed by atoms with Gasteiger partial charge in [0.15, 0.2) is 0 Å². The van der Waals surface area contributed by atoms with Gasteiger partial charge in [-0.15, -0.1) is 0 Å². The molecule has 0 bridgehead atoms. The number of nitrogens with one attached hydrogen (secondary N) is 1. The van der Waals surface area contributed by atoms with E-state index in [0.717, 1.165) is 31.6 Å². The second-order valence-electron chi connectivity index (χ2n) is 5.54. The molecule has 0 radical (unpaired) electrons. The SMILES string of the molecule is COc1nc(NC2(CO)CCC(C)CC2)ccc1N. The highest BCUT2D eigenvalue weighted by Gasteiger charge is 2.33. The number of nitrogen functional groups attached to an aromatic ring is 1. The van der Waals surface area contributed by atoms with Crippen molar-refractivity contribution in [1.29, 1.82) is 0 Å². The number of methoxy groups -OCH3 is 1. The van der Waals surface area contributed by atoms with Gasteiger partial charge in [0.05, 0.1) is 24.9 Å². The van der Waals surface area contributed by atoms with Crippen LogP contribution in [0.2, 0.25) is 0 Å². The lowest BCUT2D eigenvalue weighted by molar-refractivity contribution is 0.155. The van der Waals surface area contributed by atoms with Gasteiger partial charge >= 0.3 is 0 Å². The van der Waals surface area contributed by atoms with Crippen LogP contribution in [0, 0.1) is 5.92 Å². The average Bonchev–Trinajstić information content (AvgIpc) is 2.44. The Morgan fingerprint density at radius 2 is 2.16 bits per heavy atom. The van der Waals surface area contributed by atoms with E-state index in [1.807, 2.05) is 6.07 Å². The maximum atomic E-state index is 9.72. The molecule has 1 aromatic heterocycles. The molecule has 1 aromatic rings. The van der Waals surface area contributed by atoms with E-state index in [1.54, 1.807) is 13.2 Å². The Morgan fingerprint density at radius 1 is 1.47 bits per heavy atom. The van der Waals surface area contributed by atoms with Crippen molar-refractivity contribution in [3.05, 3.63) is 12.1 Å². The van der Waals surface area contributed by atoms with Gasteiger partial charge in [0.2, 0.25) is 5.88 Å². The van der Waals surface area contributed by atoms with Gasteiger partial charge < -0.3 is 20.9 Å². The van der Waals surface area contributed by atoms with Crippen LogP contribution in [0.3, 0.4) is 0 Å². The largest absolute Gasteiger partial charge is 0.479 e. The molecule has 0 saturated heterocycles. The summed E-state index contributed by atoms with van der Waals surface area (Å²) in [6, 6.07) is 3.60. The Hall–Kier alpha value is -1.49. The minimum Gasteiger partial charge on any atom is -0.479 e. The fraction of sp³-hybridized carbons (Fsp3) is 0.643. The Balaban J connectivity index is 2.14. The van der Waals surface area contributed by atoms with Crippen LogP contribution in [0.5, 0.6) is 5.88 Å². The third-order valence-electron chi connectivity index (χ3n) is 4.01. The van der Waals surface area contributed by atoms with Gasteiger partial charge in [-0.2, -0.15) is 4.98 Å². The van der Waals surface area contributed by atoms with Crippen LogP contribution in [0.25, 0.3) is 0 Å². The number of rotatable bonds is 4. The summed E-state index contributed by atoms with van der Waals surface area (Å²) in [4.78, 5) is 4.33. The fourth-order valence-corrected chi connectivity index (χ4v) is 2.59. The van der Waals surface area contributed by atoms with Crippen LogP contribution in [0.4, 0.5) is 11.5 Å². The van der Waals surface area contributed by atoms with E-state index < -0.39 is 0 Å². The Kier molecular flexibility index (Phi) is 4.14. The first-order valence-corrected chi connectivity index (χ1v) is 6.78. The highest BCUT2D eigenvalue weighted by Crippen LogP contribution is 2.34. The minimum atomic E-state index is -0.263. The minimum absolute atomic E-state index is 0.119. The van der Waals surface area contributed by atoms with Gasteiger partial charge in [0, 0.05) is 0 Å². The van der Waals surface area contributed by atoms with Crippen LogP contribution in [-0.4, -0.2) is 29.3 Å². The topological polar surface area (TPSA) is 80.4 Å². The third-order valence-corrected chi connectivity index (χ3v) is 4.01. The van der Waals surface area contributed by atoms with E-state index >= 15 is 0 Å². The maximum absolute atomic E-state index is 9.72. The van der Waals surface area contributed by atoms with Crippen molar-refractivity contribution >= 4 is 11.5 Å². The summed E-state index contributed by atoms with van der Waals surface area (Å²) in [5.41, 5.74) is 6.01. The second kappa shape index (κ2) is 5.65. The van der Waals surface area contributed by atoms with Crippen molar-refractivity contribution in [2.75, 3.05) is 24.8 Å². The molecular weight excluding hydrogens is 242 g/mol. The number of aromatic nitrogens is 1. The molecule has 0 aromatic carbocycles. The lowest BCUT2D eigenvalue weighted by atomic mass is 9.77. The van der Waals surface area contributed by atoms with Gasteiger partial charge in [-0.3, -0.25) is 0 Å². The van der Waals surface area contributed by atoms with Gasteiger partial charge in [-0.25, -0.2) is 0 Å². The molecule has 1 heterocycles. The molecule has 1 aliphatic carbocycles.